The maximum atomic E-state index is 12.5. The van der Waals surface area contributed by atoms with Crippen molar-refractivity contribution in [2.24, 2.45) is 5.92 Å². The van der Waals surface area contributed by atoms with Gasteiger partial charge < -0.3 is 4.74 Å². The molecule has 0 amide bonds. The highest BCUT2D eigenvalue weighted by Crippen LogP contribution is 2.58. The van der Waals surface area contributed by atoms with Gasteiger partial charge in [0.15, 0.2) is 0 Å². The minimum atomic E-state index is -0.522. The van der Waals surface area contributed by atoms with Crippen molar-refractivity contribution in [1.29, 1.82) is 0 Å². The van der Waals surface area contributed by atoms with Crippen molar-refractivity contribution in [3.05, 3.63) is 71.8 Å². The molecule has 2 aromatic rings. The maximum Gasteiger partial charge on any atom is 0.323 e. The Labute approximate surface area is 140 Å². The van der Waals surface area contributed by atoms with E-state index in [1.165, 1.54) is 7.11 Å². The van der Waals surface area contributed by atoms with Crippen molar-refractivity contribution in [3.8, 4) is 0 Å². The van der Waals surface area contributed by atoms with Crippen molar-refractivity contribution in [3.63, 3.8) is 0 Å². The first kappa shape index (κ1) is 15.1. The molecule has 24 heavy (non-hydrogen) atoms. The lowest BCUT2D eigenvalue weighted by Crippen LogP contribution is -2.58. The number of ether oxygens (including phenoxy) is 1. The van der Waals surface area contributed by atoms with E-state index in [9.17, 15) is 9.59 Å². The number of nitrogens with one attached hydrogen (secondary N) is 1. The molecule has 0 radical (unpaired) electrons. The number of rotatable bonds is 3. The van der Waals surface area contributed by atoms with E-state index >= 15 is 0 Å². The van der Waals surface area contributed by atoms with E-state index in [2.05, 4.69) is 5.32 Å². The highest BCUT2D eigenvalue weighted by molar-refractivity contribution is 5.97. The first-order chi connectivity index (χ1) is 11.7. The molecule has 2 fully saturated rings. The summed E-state index contributed by atoms with van der Waals surface area (Å²) in [5.74, 6) is -0.354. The zero-order valence-electron chi connectivity index (χ0n) is 13.4. The van der Waals surface area contributed by atoms with E-state index < -0.39 is 11.5 Å². The Morgan fingerprint density at radius 3 is 2.29 bits per heavy atom. The molecule has 1 aliphatic heterocycles. The van der Waals surface area contributed by atoms with Gasteiger partial charge in [0.2, 0.25) is 0 Å². The van der Waals surface area contributed by atoms with Gasteiger partial charge in [-0.2, -0.15) is 0 Å². The molecule has 0 aromatic heterocycles. The normalized spacial score (nSPS) is 31.2. The van der Waals surface area contributed by atoms with Crippen LogP contribution in [0.25, 0.3) is 0 Å². The van der Waals surface area contributed by atoms with Crippen molar-refractivity contribution >= 4 is 11.8 Å². The predicted octanol–water partition coefficient (Wildman–Crippen LogP) is 2.40. The number of hydrogen-bond donors (Lipinski definition) is 1. The number of methoxy groups -OCH3 is 1. The summed E-state index contributed by atoms with van der Waals surface area (Å²) in [6, 6.07) is 19.0. The number of esters is 1. The van der Waals surface area contributed by atoms with E-state index in [0.717, 1.165) is 11.1 Å². The molecule has 1 saturated heterocycles. The molecule has 0 bridgehead atoms. The Hall–Kier alpha value is -2.46. The summed E-state index contributed by atoms with van der Waals surface area (Å²) >= 11 is 0. The Kier molecular flexibility index (Phi) is 3.50. The molecule has 0 unspecified atom stereocenters. The molecule has 2 aromatic carbocycles. The molecule has 2 aliphatic rings. The van der Waals surface area contributed by atoms with Gasteiger partial charge in [-0.05, 0) is 11.1 Å². The summed E-state index contributed by atoms with van der Waals surface area (Å²) in [7, 11) is 1.40. The average molecular weight is 321 g/mol. The fourth-order valence-electron chi connectivity index (χ4n) is 4.40. The third kappa shape index (κ3) is 1.96. The smallest absolute Gasteiger partial charge is 0.323 e. The van der Waals surface area contributed by atoms with Gasteiger partial charge in [-0.1, -0.05) is 60.7 Å². The third-order valence-corrected chi connectivity index (χ3v) is 5.47. The van der Waals surface area contributed by atoms with Crippen LogP contribution in [0.5, 0.6) is 0 Å². The van der Waals surface area contributed by atoms with E-state index in [0.29, 0.717) is 6.42 Å². The van der Waals surface area contributed by atoms with Gasteiger partial charge in [-0.3, -0.25) is 14.9 Å². The topological polar surface area (TPSA) is 55.4 Å². The minimum absolute atomic E-state index is 0.170. The SMILES string of the molecule is COC(=O)[C@H]1N[C@@H](c2ccccc2)[C@H]2C(=O)C[C@@]12c1ccccc1. The zero-order valence-corrected chi connectivity index (χ0v) is 13.4. The van der Waals surface area contributed by atoms with Crippen molar-refractivity contribution in [2.75, 3.05) is 7.11 Å². The standard InChI is InChI=1S/C20H19NO3/c1-24-19(23)18-20(14-10-6-3-7-11-14)12-15(22)16(20)17(21-18)13-8-4-2-5-9-13/h2-11,16-18,21H,12H2,1H3/t16-,17+,18-,20+/m1/s1. The number of ketones is 1. The third-order valence-electron chi connectivity index (χ3n) is 5.47. The summed E-state index contributed by atoms with van der Waals surface area (Å²) in [5, 5.41) is 3.39. The lowest BCUT2D eigenvalue weighted by atomic mass is 9.53. The monoisotopic (exact) mass is 321 g/mol. The first-order valence-corrected chi connectivity index (χ1v) is 8.15. The summed E-state index contributed by atoms with van der Waals surface area (Å²) < 4.78 is 5.04. The summed E-state index contributed by atoms with van der Waals surface area (Å²) in [6.45, 7) is 0. The van der Waals surface area contributed by atoms with Crippen molar-refractivity contribution in [2.45, 2.75) is 23.9 Å². The van der Waals surface area contributed by atoms with Gasteiger partial charge in [0, 0.05) is 23.8 Å². The second-order valence-corrected chi connectivity index (χ2v) is 6.54. The van der Waals surface area contributed by atoms with Gasteiger partial charge in [0.05, 0.1) is 7.11 Å². The highest BCUT2D eigenvalue weighted by Gasteiger charge is 2.68. The molecule has 1 aliphatic carbocycles. The summed E-state index contributed by atoms with van der Waals surface area (Å²) in [6.07, 6.45) is 0.373. The molecule has 1 N–H and O–H groups in total. The number of fused-ring (bicyclic) bond motifs is 1. The molecule has 1 heterocycles. The molecule has 4 heteroatoms. The number of hydrogen-bond acceptors (Lipinski definition) is 4. The quantitative estimate of drug-likeness (QED) is 0.882. The first-order valence-electron chi connectivity index (χ1n) is 8.15. The molecule has 4 nitrogen and oxygen atoms in total. The fourth-order valence-corrected chi connectivity index (χ4v) is 4.40. The molecule has 0 spiro atoms. The molecule has 1 saturated carbocycles. The molecular weight excluding hydrogens is 302 g/mol. The highest BCUT2D eigenvalue weighted by atomic mass is 16.5. The second-order valence-electron chi connectivity index (χ2n) is 6.54. The van der Waals surface area contributed by atoms with Crippen LogP contribution in [-0.4, -0.2) is 24.9 Å². The molecule has 4 rings (SSSR count). The van der Waals surface area contributed by atoms with Gasteiger partial charge in [0.25, 0.3) is 0 Å². The molecular formula is C20H19NO3. The van der Waals surface area contributed by atoms with Crippen LogP contribution >= 0.6 is 0 Å². The Bertz CT molecular complexity index is 774. The van der Waals surface area contributed by atoms with Crippen LogP contribution in [0.1, 0.15) is 23.6 Å². The van der Waals surface area contributed by atoms with Crippen LogP contribution in [0.15, 0.2) is 60.7 Å². The van der Waals surface area contributed by atoms with Crippen LogP contribution in [0.2, 0.25) is 0 Å². The van der Waals surface area contributed by atoms with Gasteiger partial charge in [-0.15, -0.1) is 0 Å². The van der Waals surface area contributed by atoms with Crippen LogP contribution < -0.4 is 5.32 Å². The number of Topliss-reactive ketones (excluding diaryl/α,β-unsaturated/α-hetero) is 1. The minimum Gasteiger partial charge on any atom is -0.468 e. The number of carbonyl (C=O) groups excluding carboxylic acids is 2. The van der Waals surface area contributed by atoms with E-state index in [4.69, 9.17) is 4.74 Å². The lowest BCUT2D eigenvalue weighted by Gasteiger charge is -2.46. The summed E-state index contributed by atoms with van der Waals surface area (Å²) in [4.78, 5) is 25.0. The predicted molar refractivity (Wildman–Crippen MR) is 89.4 cm³/mol. The van der Waals surface area contributed by atoms with E-state index in [-0.39, 0.29) is 23.7 Å². The van der Waals surface area contributed by atoms with E-state index in [1.54, 1.807) is 0 Å². The Balaban J connectivity index is 1.84. The maximum absolute atomic E-state index is 12.5. The van der Waals surface area contributed by atoms with Gasteiger partial charge >= 0.3 is 5.97 Å². The zero-order chi connectivity index (χ0) is 16.7. The Morgan fingerprint density at radius 1 is 1.08 bits per heavy atom. The van der Waals surface area contributed by atoms with Crippen LogP contribution in [-0.2, 0) is 19.7 Å². The average Bonchev–Trinajstić information content (AvgIpc) is 2.92. The Morgan fingerprint density at radius 2 is 1.71 bits per heavy atom. The van der Waals surface area contributed by atoms with E-state index in [1.807, 2.05) is 60.7 Å². The summed E-state index contributed by atoms with van der Waals surface area (Å²) in [5.41, 5.74) is 1.53. The van der Waals surface area contributed by atoms with Crippen molar-refractivity contribution < 1.29 is 14.3 Å². The van der Waals surface area contributed by atoms with Gasteiger partial charge in [-0.25, -0.2) is 0 Å². The number of benzene rings is 2. The molecule has 4 atom stereocenters. The van der Waals surface area contributed by atoms with Crippen LogP contribution in [0, 0.1) is 5.92 Å². The second kappa shape index (κ2) is 5.56. The van der Waals surface area contributed by atoms with Crippen LogP contribution in [0.3, 0.4) is 0 Å². The van der Waals surface area contributed by atoms with Gasteiger partial charge in [0.1, 0.15) is 11.8 Å². The molecule has 122 valence electrons. The number of carbonyl (C=O) groups is 2. The van der Waals surface area contributed by atoms with Crippen LogP contribution in [0.4, 0.5) is 0 Å². The largest absolute Gasteiger partial charge is 0.468 e. The van der Waals surface area contributed by atoms with Crippen molar-refractivity contribution in [1.82, 2.24) is 5.32 Å². The fraction of sp³-hybridized carbons (Fsp3) is 0.300. The lowest BCUT2D eigenvalue weighted by molar-refractivity contribution is -0.148.